The molecule has 0 bridgehead atoms. The number of carbonyl (C=O) groups excluding carboxylic acids is 7. The summed E-state index contributed by atoms with van der Waals surface area (Å²) in [6.07, 6.45) is -2.07. The number of hydrogen-bond acceptors (Lipinski definition) is 10. The molecule has 1 aromatic carbocycles. The number of esters is 2. The molecule has 2 N–H and O–H groups in total. The highest BCUT2D eigenvalue weighted by Crippen LogP contribution is 2.21. The number of methoxy groups -OCH3 is 2. The van der Waals surface area contributed by atoms with Crippen LogP contribution in [0.5, 0.6) is 0 Å². The molecule has 0 aliphatic carbocycles. The highest BCUT2D eigenvalue weighted by molar-refractivity contribution is 5.96. The van der Waals surface area contributed by atoms with Crippen LogP contribution in [0.15, 0.2) is 30.3 Å². The summed E-state index contributed by atoms with van der Waals surface area (Å²) in [4.78, 5) is 88.9. The topological polar surface area (TPSA) is 171 Å². The standard InChI is InChI=1S/C33H47FN2O10/c1-7-21(4)31(26(38)16-24(27(39)18-34)17-29(41)45-6)35-32(42)23(13-14-28(40)44-5)15-25(37)30(20(2)3)36-33(43)46-19-22-11-9-8-10-12-22/h8-12,20-21,23-24,30-31H,7,13-19H2,1-6H3,(H,35,42)(H,36,43)/t21-,23+,24-,30-,31-/m0/s1. The maximum absolute atomic E-state index is 13.6. The molecular weight excluding hydrogens is 603 g/mol. The lowest BCUT2D eigenvalue weighted by atomic mass is 9.86. The van der Waals surface area contributed by atoms with Gasteiger partial charge in [0.2, 0.25) is 5.91 Å². The van der Waals surface area contributed by atoms with Gasteiger partial charge in [0, 0.05) is 31.1 Å². The molecule has 13 heteroatoms. The average Bonchev–Trinajstić information content (AvgIpc) is 3.05. The fraction of sp³-hybridized carbons (Fsp3) is 0.606. The Labute approximate surface area is 269 Å². The van der Waals surface area contributed by atoms with E-state index in [0.717, 1.165) is 12.7 Å². The first-order valence-electron chi connectivity index (χ1n) is 15.3. The summed E-state index contributed by atoms with van der Waals surface area (Å²) in [7, 11) is 2.29. The van der Waals surface area contributed by atoms with Crippen molar-refractivity contribution in [3.05, 3.63) is 35.9 Å². The van der Waals surface area contributed by atoms with Gasteiger partial charge in [-0.2, -0.15) is 0 Å². The predicted octanol–water partition coefficient (Wildman–Crippen LogP) is 3.67. The van der Waals surface area contributed by atoms with Crippen LogP contribution >= 0.6 is 0 Å². The lowest BCUT2D eigenvalue weighted by molar-refractivity contribution is -0.145. The van der Waals surface area contributed by atoms with Crippen LogP contribution in [0.2, 0.25) is 0 Å². The number of nitrogens with one attached hydrogen (secondary N) is 2. The summed E-state index contributed by atoms with van der Waals surface area (Å²) < 4.78 is 27.7. The van der Waals surface area contributed by atoms with Crippen LogP contribution in [0.1, 0.15) is 71.8 Å². The predicted molar refractivity (Wildman–Crippen MR) is 165 cm³/mol. The summed E-state index contributed by atoms with van der Waals surface area (Å²) in [5.41, 5.74) is 0.751. The number of ketones is 3. The molecule has 5 atom stereocenters. The molecule has 0 saturated carbocycles. The molecule has 0 fully saturated rings. The van der Waals surface area contributed by atoms with Gasteiger partial charge in [0.25, 0.3) is 0 Å². The first kappa shape index (κ1) is 39.9. The Bertz CT molecular complexity index is 1190. The van der Waals surface area contributed by atoms with Crippen LogP contribution in [0.25, 0.3) is 0 Å². The molecular formula is C33H47FN2O10. The van der Waals surface area contributed by atoms with E-state index in [9.17, 15) is 38.0 Å². The Balaban J connectivity index is 3.15. The fourth-order valence-electron chi connectivity index (χ4n) is 4.71. The first-order valence-corrected chi connectivity index (χ1v) is 15.3. The van der Waals surface area contributed by atoms with Crippen LogP contribution in [0, 0.1) is 23.7 Å². The van der Waals surface area contributed by atoms with Gasteiger partial charge < -0.3 is 24.8 Å². The van der Waals surface area contributed by atoms with Crippen LogP contribution in [0.3, 0.4) is 0 Å². The quantitative estimate of drug-likeness (QED) is 0.148. The fourth-order valence-corrected chi connectivity index (χ4v) is 4.71. The van der Waals surface area contributed by atoms with Crippen molar-refractivity contribution in [2.75, 3.05) is 20.9 Å². The Kier molecular flexibility index (Phi) is 18.0. The largest absolute Gasteiger partial charge is 0.469 e. The highest BCUT2D eigenvalue weighted by atomic mass is 19.1. The number of carbonyl (C=O) groups is 7. The van der Waals surface area contributed by atoms with E-state index in [0.29, 0.717) is 6.42 Å². The molecule has 256 valence electrons. The maximum atomic E-state index is 13.6. The second-order valence-corrected chi connectivity index (χ2v) is 11.5. The molecule has 1 aromatic rings. The number of halogens is 1. The van der Waals surface area contributed by atoms with Crippen LogP contribution in [-0.4, -0.2) is 74.3 Å². The van der Waals surface area contributed by atoms with Gasteiger partial charge in [-0.1, -0.05) is 64.4 Å². The van der Waals surface area contributed by atoms with Crippen LogP contribution in [0.4, 0.5) is 9.18 Å². The average molecular weight is 651 g/mol. The Hall–Kier alpha value is -4.16. The third-order valence-corrected chi connectivity index (χ3v) is 7.78. The highest BCUT2D eigenvalue weighted by Gasteiger charge is 2.35. The number of amides is 2. The third-order valence-electron chi connectivity index (χ3n) is 7.78. The van der Waals surface area contributed by atoms with Gasteiger partial charge in [0.1, 0.15) is 13.3 Å². The first-order chi connectivity index (χ1) is 21.8. The lowest BCUT2D eigenvalue weighted by Crippen LogP contribution is -2.50. The van der Waals surface area contributed by atoms with Gasteiger partial charge in [-0.15, -0.1) is 0 Å². The maximum Gasteiger partial charge on any atom is 0.408 e. The SMILES string of the molecule is CC[C@H](C)[C@H](NC(=O)[C@H](CCC(=O)OC)CC(=O)[C@@H](NC(=O)OCc1ccccc1)C(C)C)C(=O)C[C@@H](CC(=O)OC)C(=O)CF. The second kappa shape index (κ2) is 20.8. The van der Waals surface area contributed by atoms with Gasteiger partial charge in [0.05, 0.1) is 32.7 Å². The van der Waals surface area contributed by atoms with Crippen molar-refractivity contribution >= 4 is 41.3 Å². The zero-order valence-corrected chi connectivity index (χ0v) is 27.5. The van der Waals surface area contributed by atoms with E-state index in [1.54, 1.807) is 52.0 Å². The smallest absolute Gasteiger partial charge is 0.408 e. The van der Waals surface area contributed by atoms with Gasteiger partial charge in [-0.3, -0.25) is 28.8 Å². The molecule has 0 spiro atoms. The zero-order valence-electron chi connectivity index (χ0n) is 27.5. The molecule has 1 rings (SSSR count). The van der Waals surface area contributed by atoms with E-state index in [1.165, 1.54) is 7.11 Å². The number of hydrogen-bond donors (Lipinski definition) is 2. The minimum atomic E-state index is -1.38. The van der Waals surface area contributed by atoms with Gasteiger partial charge >= 0.3 is 18.0 Å². The number of benzene rings is 1. The third kappa shape index (κ3) is 13.9. The van der Waals surface area contributed by atoms with Crippen molar-refractivity contribution in [2.24, 2.45) is 23.7 Å². The molecule has 0 aliphatic heterocycles. The van der Waals surface area contributed by atoms with Gasteiger partial charge in [0.15, 0.2) is 17.3 Å². The van der Waals surface area contributed by atoms with Gasteiger partial charge in [-0.25, -0.2) is 9.18 Å². The lowest BCUT2D eigenvalue weighted by Gasteiger charge is -2.28. The van der Waals surface area contributed by atoms with E-state index >= 15 is 0 Å². The van der Waals surface area contributed by atoms with Crippen molar-refractivity contribution < 1.29 is 52.2 Å². The number of alkyl carbamates (subject to hydrolysis) is 1. The molecule has 0 aromatic heterocycles. The Morgan fingerprint density at radius 1 is 0.761 bits per heavy atom. The van der Waals surface area contributed by atoms with E-state index < -0.39 is 90.6 Å². The molecule has 0 aliphatic rings. The molecule has 0 radical (unpaired) electrons. The van der Waals surface area contributed by atoms with Crippen LogP contribution < -0.4 is 10.6 Å². The van der Waals surface area contributed by atoms with E-state index in [4.69, 9.17) is 9.47 Å². The van der Waals surface area contributed by atoms with E-state index in [1.807, 2.05) is 6.07 Å². The normalized spacial score (nSPS) is 14.2. The van der Waals surface area contributed by atoms with Crippen molar-refractivity contribution in [1.82, 2.24) is 10.6 Å². The van der Waals surface area contributed by atoms with Crippen molar-refractivity contribution in [3.63, 3.8) is 0 Å². The summed E-state index contributed by atoms with van der Waals surface area (Å²) in [5, 5.41) is 5.23. The molecule has 46 heavy (non-hydrogen) atoms. The molecule has 12 nitrogen and oxygen atoms in total. The number of Topliss-reactive ketones (excluding diaryl/α,β-unsaturated/α-hetero) is 3. The van der Waals surface area contributed by atoms with Crippen molar-refractivity contribution in [1.29, 1.82) is 0 Å². The van der Waals surface area contributed by atoms with Crippen LogP contribution in [-0.2, 0) is 49.6 Å². The molecule has 0 heterocycles. The Morgan fingerprint density at radius 2 is 1.35 bits per heavy atom. The molecule has 2 amide bonds. The monoisotopic (exact) mass is 650 g/mol. The number of alkyl halides is 1. The summed E-state index contributed by atoms with van der Waals surface area (Å²) in [6, 6.07) is 6.81. The summed E-state index contributed by atoms with van der Waals surface area (Å²) >= 11 is 0. The summed E-state index contributed by atoms with van der Waals surface area (Å²) in [6.45, 7) is 5.51. The van der Waals surface area contributed by atoms with Gasteiger partial charge in [-0.05, 0) is 23.8 Å². The zero-order chi connectivity index (χ0) is 34.8. The van der Waals surface area contributed by atoms with Crippen molar-refractivity contribution in [3.8, 4) is 0 Å². The van der Waals surface area contributed by atoms with Crippen molar-refractivity contribution in [2.45, 2.75) is 84.9 Å². The number of rotatable bonds is 21. The Morgan fingerprint density at radius 3 is 1.89 bits per heavy atom. The summed E-state index contributed by atoms with van der Waals surface area (Å²) in [5.74, 6) is -7.31. The minimum absolute atomic E-state index is 0.0156. The van der Waals surface area contributed by atoms with E-state index in [-0.39, 0.29) is 31.8 Å². The number of ether oxygens (including phenoxy) is 3. The molecule has 0 saturated heterocycles. The second-order valence-electron chi connectivity index (χ2n) is 11.5. The minimum Gasteiger partial charge on any atom is -0.469 e. The molecule has 0 unspecified atom stereocenters. The van der Waals surface area contributed by atoms with E-state index in [2.05, 4.69) is 15.4 Å².